The van der Waals surface area contributed by atoms with E-state index >= 15 is 0 Å². The van der Waals surface area contributed by atoms with Crippen LogP contribution in [0, 0.1) is 11.6 Å². The van der Waals surface area contributed by atoms with E-state index in [-0.39, 0.29) is 11.3 Å². The Labute approximate surface area is 160 Å². The van der Waals surface area contributed by atoms with Crippen LogP contribution in [0.1, 0.15) is 5.82 Å². The van der Waals surface area contributed by atoms with E-state index in [9.17, 15) is 30.4 Å². The largest absolute Gasteiger partial charge is 0.449 e. The summed E-state index contributed by atoms with van der Waals surface area (Å²) in [4.78, 5) is 4.53. The number of halogens is 6. The molecule has 11 heteroatoms. The molecule has 1 N–H and O–H groups in total. The lowest BCUT2D eigenvalue weighted by Crippen LogP contribution is -2.07. The highest BCUT2D eigenvalue weighted by Gasteiger charge is 2.36. The van der Waals surface area contributed by atoms with Gasteiger partial charge in [-0.05, 0) is 24.3 Å². The first-order valence-electron chi connectivity index (χ1n) is 7.50. The second kappa shape index (κ2) is 6.85. The number of aromatic amines is 1. The smallest absolute Gasteiger partial charge is 0.334 e. The van der Waals surface area contributed by atoms with Crippen LogP contribution in [0.5, 0.6) is 0 Å². The van der Waals surface area contributed by atoms with Crippen molar-refractivity contribution < 1.29 is 30.4 Å². The van der Waals surface area contributed by atoms with Crippen molar-refractivity contribution in [2.24, 2.45) is 0 Å². The molecule has 0 unspecified atom stereocenters. The number of H-pyrrole nitrogens is 1. The first-order chi connectivity index (χ1) is 12.9. The summed E-state index contributed by atoms with van der Waals surface area (Å²) in [6.45, 7) is 0. The van der Waals surface area contributed by atoms with E-state index in [0.29, 0.717) is 23.4 Å². The summed E-state index contributed by atoms with van der Waals surface area (Å²) in [5.41, 5.74) is -1.18. The van der Waals surface area contributed by atoms with E-state index in [1.807, 2.05) is 0 Å². The zero-order valence-corrected chi connectivity index (χ0v) is 15.5. The van der Waals surface area contributed by atoms with Gasteiger partial charge in [0.1, 0.15) is 16.5 Å². The number of hydrogen-bond acceptors (Lipinski definition) is 3. The summed E-state index contributed by atoms with van der Waals surface area (Å²) in [6, 6.07) is 6.46. The van der Waals surface area contributed by atoms with Gasteiger partial charge in [0.15, 0.2) is 9.84 Å². The summed E-state index contributed by atoms with van der Waals surface area (Å²) in [5, 5.41) is 0.315. The first-order valence-corrected chi connectivity index (χ1v) is 9.77. The molecule has 1 heterocycles. The van der Waals surface area contributed by atoms with E-state index in [1.54, 1.807) is 0 Å². The SMILES string of the molecule is CS(=O)(=O)c1cc(F)c(-c2nc(C(F)(F)F)[nH]c2-c2ccc(Cl)cc2)cc1F. The van der Waals surface area contributed by atoms with Gasteiger partial charge >= 0.3 is 6.18 Å². The molecule has 148 valence electrons. The van der Waals surface area contributed by atoms with Crippen molar-refractivity contribution in [2.75, 3.05) is 6.26 Å². The van der Waals surface area contributed by atoms with Crippen LogP contribution in [0.3, 0.4) is 0 Å². The van der Waals surface area contributed by atoms with Gasteiger partial charge in [-0.25, -0.2) is 22.2 Å². The van der Waals surface area contributed by atoms with E-state index in [4.69, 9.17) is 11.6 Å². The molecule has 1 aromatic heterocycles. The summed E-state index contributed by atoms with van der Waals surface area (Å²) in [7, 11) is -4.08. The van der Waals surface area contributed by atoms with Crippen LogP contribution in [-0.4, -0.2) is 24.6 Å². The van der Waals surface area contributed by atoms with Crippen LogP contribution in [0.2, 0.25) is 5.02 Å². The number of nitrogens with one attached hydrogen (secondary N) is 1. The molecule has 2 aromatic carbocycles. The highest BCUT2D eigenvalue weighted by molar-refractivity contribution is 7.90. The molecule has 3 rings (SSSR count). The van der Waals surface area contributed by atoms with E-state index in [0.717, 1.165) is 0 Å². The molecule has 0 spiro atoms. The Bertz CT molecular complexity index is 1160. The molecule has 0 bridgehead atoms. The molecule has 0 saturated carbocycles. The van der Waals surface area contributed by atoms with Crippen molar-refractivity contribution in [1.29, 1.82) is 0 Å². The van der Waals surface area contributed by atoms with Gasteiger partial charge in [0.2, 0.25) is 5.82 Å². The third kappa shape index (κ3) is 3.88. The minimum atomic E-state index is -4.87. The number of aromatic nitrogens is 2. The molecule has 0 fully saturated rings. The van der Waals surface area contributed by atoms with Crippen molar-refractivity contribution in [3.8, 4) is 22.5 Å². The molecule has 0 aliphatic rings. The van der Waals surface area contributed by atoms with Crippen LogP contribution in [-0.2, 0) is 16.0 Å². The van der Waals surface area contributed by atoms with Gasteiger partial charge < -0.3 is 4.98 Å². The molecule has 4 nitrogen and oxygen atoms in total. The third-order valence-corrected chi connectivity index (χ3v) is 5.15. The fourth-order valence-electron chi connectivity index (χ4n) is 2.52. The third-order valence-electron chi connectivity index (χ3n) is 3.78. The highest BCUT2D eigenvalue weighted by Crippen LogP contribution is 2.37. The van der Waals surface area contributed by atoms with Crippen molar-refractivity contribution in [3.05, 3.63) is 58.9 Å². The van der Waals surface area contributed by atoms with Gasteiger partial charge in [-0.3, -0.25) is 0 Å². The van der Waals surface area contributed by atoms with E-state index < -0.39 is 49.6 Å². The van der Waals surface area contributed by atoms with Gasteiger partial charge in [-0.1, -0.05) is 23.7 Å². The molecular formula is C17H10ClF5N2O2S. The second-order valence-electron chi connectivity index (χ2n) is 5.85. The molecular weight excluding hydrogens is 427 g/mol. The molecule has 0 atom stereocenters. The lowest BCUT2D eigenvalue weighted by molar-refractivity contribution is -0.144. The highest BCUT2D eigenvalue weighted by atomic mass is 35.5. The molecule has 3 aromatic rings. The Morgan fingerprint density at radius 3 is 2.18 bits per heavy atom. The molecule has 0 radical (unpaired) electrons. The number of imidazole rings is 1. The maximum atomic E-state index is 14.5. The molecule has 0 aliphatic carbocycles. The summed E-state index contributed by atoms with van der Waals surface area (Å²) >= 11 is 5.77. The number of hydrogen-bond donors (Lipinski definition) is 1. The first kappa shape index (κ1) is 20.3. The summed E-state index contributed by atoms with van der Waals surface area (Å²) < 4.78 is 91.1. The Hall–Kier alpha value is -2.46. The number of sulfone groups is 1. The van der Waals surface area contributed by atoms with Crippen molar-refractivity contribution in [1.82, 2.24) is 9.97 Å². The molecule has 0 saturated heterocycles. The van der Waals surface area contributed by atoms with Gasteiger partial charge in [0, 0.05) is 22.4 Å². The zero-order chi connectivity index (χ0) is 20.9. The van der Waals surface area contributed by atoms with Crippen LogP contribution in [0.25, 0.3) is 22.5 Å². The molecule has 28 heavy (non-hydrogen) atoms. The number of rotatable bonds is 3. The molecule has 0 aliphatic heterocycles. The van der Waals surface area contributed by atoms with Crippen molar-refractivity contribution >= 4 is 21.4 Å². The quantitative estimate of drug-likeness (QED) is 0.581. The Morgan fingerprint density at radius 1 is 1.04 bits per heavy atom. The van der Waals surface area contributed by atoms with Crippen LogP contribution >= 0.6 is 11.6 Å². The van der Waals surface area contributed by atoms with Crippen molar-refractivity contribution in [3.63, 3.8) is 0 Å². The van der Waals surface area contributed by atoms with Gasteiger partial charge in [-0.15, -0.1) is 0 Å². The summed E-state index contributed by atoms with van der Waals surface area (Å²) in [6.07, 6.45) is -4.19. The topological polar surface area (TPSA) is 62.8 Å². The maximum Gasteiger partial charge on any atom is 0.449 e. The standard InChI is InChI=1S/C17H10ClF5N2O2S/c1-28(26,27)13-7-11(19)10(6-12(13)20)15-14(8-2-4-9(18)5-3-8)24-16(25-15)17(21,22)23/h2-7H,1H3,(H,24,25). The Morgan fingerprint density at radius 2 is 1.64 bits per heavy atom. The van der Waals surface area contributed by atoms with E-state index in [2.05, 4.69) is 9.97 Å². The van der Waals surface area contributed by atoms with Gasteiger partial charge in [-0.2, -0.15) is 13.2 Å². The Kier molecular flexibility index (Phi) is 4.96. The minimum absolute atomic E-state index is 0.189. The van der Waals surface area contributed by atoms with Crippen LogP contribution < -0.4 is 0 Å². The number of alkyl halides is 3. The Balaban J connectivity index is 2.28. The van der Waals surface area contributed by atoms with Crippen molar-refractivity contribution in [2.45, 2.75) is 11.1 Å². The fraction of sp³-hybridized carbons (Fsp3) is 0.118. The fourth-order valence-corrected chi connectivity index (χ4v) is 3.38. The zero-order valence-electron chi connectivity index (χ0n) is 13.9. The monoisotopic (exact) mass is 436 g/mol. The second-order valence-corrected chi connectivity index (χ2v) is 8.27. The average molecular weight is 437 g/mol. The number of benzene rings is 2. The van der Waals surface area contributed by atoms with Crippen LogP contribution in [0.4, 0.5) is 22.0 Å². The maximum absolute atomic E-state index is 14.5. The summed E-state index contributed by atoms with van der Waals surface area (Å²) in [5.74, 6) is -3.96. The predicted octanol–water partition coefficient (Wildman–Crippen LogP) is 5.10. The van der Waals surface area contributed by atoms with Gasteiger partial charge in [0.05, 0.1) is 11.4 Å². The number of nitrogens with zero attached hydrogens (tertiary/aromatic N) is 1. The lowest BCUT2D eigenvalue weighted by Gasteiger charge is -2.08. The molecule has 0 amide bonds. The van der Waals surface area contributed by atoms with Gasteiger partial charge in [0.25, 0.3) is 0 Å². The lowest BCUT2D eigenvalue weighted by atomic mass is 10.0. The van der Waals surface area contributed by atoms with Crippen LogP contribution in [0.15, 0.2) is 41.3 Å². The minimum Gasteiger partial charge on any atom is -0.334 e. The normalized spacial score (nSPS) is 12.4. The average Bonchev–Trinajstić information content (AvgIpc) is 3.01. The predicted molar refractivity (Wildman–Crippen MR) is 92.5 cm³/mol. The van der Waals surface area contributed by atoms with E-state index in [1.165, 1.54) is 24.3 Å².